The van der Waals surface area contributed by atoms with Crippen LogP contribution in [0.4, 0.5) is 0 Å². The number of benzene rings is 1. The lowest BCUT2D eigenvalue weighted by Gasteiger charge is -2.35. The molecule has 1 amide bonds. The molecule has 1 saturated heterocycles. The maximum Gasteiger partial charge on any atom is 0.253 e. The van der Waals surface area contributed by atoms with Crippen LogP contribution in [0.5, 0.6) is 0 Å². The van der Waals surface area contributed by atoms with Gasteiger partial charge in [0.15, 0.2) is 0 Å². The Morgan fingerprint density at radius 1 is 1.12 bits per heavy atom. The zero-order valence-corrected chi connectivity index (χ0v) is 14.7. The van der Waals surface area contributed by atoms with E-state index in [1.54, 1.807) is 0 Å². The number of imidazole rings is 1. The van der Waals surface area contributed by atoms with E-state index in [0.29, 0.717) is 17.9 Å². The molecule has 2 heterocycles. The van der Waals surface area contributed by atoms with Crippen LogP contribution in [0.2, 0.25) is 0 Å². The van der Waals surface area contributed by atoms with Crippen molar-refractivity contribution in [2.24, 2.45) is 11.8 Å². The SMILES string of the molecule is C[C@@H]1C[C@@H](C)CN(C(=O)c2ccc3c(c2)ncn3C2CCCC2)C1. The van der Waals surface area contributed by atoms with Gasteiger partial charge >= 0.3 is 0 Å². The summed E-state index contributed by atoms with van der Waals surface area (Å²) < 4.78 is 2.31. The molecule has 2 atom stereocenters. The van der Waals surface area contributed by atoms with Crippen molar-refractivity contribution in [2.75, 3.05) is 13.1 Å². The molecule has 4 nitrogen and oxygen atoms in total. The van der Waals surface area contributed by atoms with Crippen molar-refractivity contribution in [3.8, 4) is 0 Å². The summed E-state index contributed by atoms with van der Waals surface area (Å²) in [5.41, 5.74) is 2.89. The van der Waals surface area contributed by atoms with Crippen LogP contribution in [0.3, 0.4) is 0 Å². The van der Waals surface area contributed by atoms with Gasteiger partial charge in [0.2, 0.25) is 0 Å². The minimum Gasteiger partial charge on any atom is -0.338 e. The summed E-state index contributed by atoms with van der Waals surface area (Å²) in [6.07, 6.45) is 8.29. The van der Waals surface area contributed by atoms with Crippen LogP contribution >= 0.6 is 0 Å². The summed E-state index contributed by atoms with van der Waals surface area (Å²) in [6.45, 7) is 6.22. The van der Waals surface area contributed by atoms with Gasteiger partial charge in [0.05, 0.1) is 17.4 Å². The van der Waals surface area contributed by atoms with Crippen molar-refractivity contribution < 1.29 is 4.79 Å². The van der Waals surface area contributed by atoms with Gasteiger partial charge in [0.25, 0.3) is 5.91 Å². The summed E-state index contributed by atoms with van der Waals surface area (Å²) in [7, 11) is 0. The Labute approximate surface area is 143 Å². The summed E-state index contributed by atoms with van der Waals surface area (Å²) in [5.74, 6) is 1.33. The average molecular weight is 325 g/mol. The molecule has 1 aliphatic heterocycles. The molecule has 0 bridgehead atoms. The molecule has 2 aliphatic rings. The zero-order chi connectivity index (χ0) is 16.7. The number of likely N-dealkylation sites (tertiary alicyclic amines) is 1. The Bertz CT molecular complexity index is 734. The van der Waals surface area contributed by atoms with Crippen molar-refractivity contribution in [2.45, 2.75) is 52.0 Å². The first-order valence-electron chi connectivity index (χ1n) is 9.37. The van der Waals surface area contributed by atoms with Crippen LogP contribution in [0.1, 0.15) is 62.4 Å². The first-order valence-corrected chi connectivity index (χ1v) is 9.37. The second-order valence-corrected chi connectivity index (χ2v) is 7.95. The Morgan fingerprint density at radius 2 is 1.83 bits per heavy atom. The van der Waals surface area contributed by atoms with Crippen LogP contribution in [0.15, 0.2) is 24.5 Å². The molecule has 0 radical (unpaired) electrons. The number of carbonyl (C=O) groups excluding carboxylic acids is 1. The van der Waals surface area contributed by atoms with E-state index in [0.717, 1.165) is 24.2 Å². The zero-order valence-electron chi connectivity index (χ0n) is 14.7. The first kappa shape index (κ1) is 15.7. The molecule has 1 saturated carbocycles. The second-order valence-electron chi connectivity index (χ2n) is 7.95. The van der Waals surface area contributed by atoms with E-state index in [4.69, 9.17) is 0 Å². The molecule has 24 heavy (non-hydrogen) atoms. The highest BCUT2D eigenvalue weighted by Crippen LogP contribution is 2.32. The van der Waals surface area contributed by atoms with Crippen LogP contribution in [0, 0.1) is 11.8 Å². The van der Waals surface area contributed by atoms with E-state index >= 15 is 0 Å². The van der Waals surface area contributed by atoms with Crippen LogP contribution in [-0.4, -0.2) is 33.4 Å². The van der Waals surface area contributed by atoms with Crippen LogP contribution in [-0.2, 0) is 0 Å². The first-order chi connectivity index (χ1) is 11.6. The maximum atomic E-state index is 12.9. The summed E-state index contributed by atoms with van der Waals surface area (Å²) in [6, 6.07) is 6.64. The fourth-order valence-corrected chi connectivity index (χ4v) is 4.65. The predicted molar refractivity (Wildman–Crippen MR) is 96.1 cm³/mol. The monoisotopic (exact) mass is 325 g/mol. The number of hydrogen-bond acceptors (Lipinski definition) is 2. The minimum atomic E-state index is 0.158. The summed E-state index contributed by atoms with van der Waals surface area (Å²) >= 11 is 0. The number of rotatable bonds is 2. The highest BCUT2D eigenvalue weighted by molar-refractivity contribution is 5.97. The van der Waals surface area contributed by atoms with Gasteiger partial charge in [0.1, 0.15) is 0 Å². The number of hydrogen-bond donors (Lipinski definition) is 0. The van der Waals surface area contributed by atoms with Crippen molar-refractivity contribution >= 4 is 16.9 Å². The van der Waals surface area contributed by atoms with Crippen LogP contribution < -0.4 is 0 Å². The molecule has 0 unspecified atom stereocenters. The molecule has 128 valence electrons. The Kier molecular flexibility index (Phi) is 4.07. The third-order valence-corrected chi connectivity index (χ3v) is 5.70. The molecule has 1 aliphatic carbocycles. The number of piperidine rings is 1. The van der Waals surface area contributed by atoms with Crippen LogP contribution in [0.25, 0.3) is 11.0 Å². The van der Waals surface area contributed by atoms with Gasteiger partial charge in [-0.05, 0) is 49.3 Å². The van der Waals surface area contributed by atoms with Crippen molar-refractivity contribution in [3.63, 3.8) is 0 Å². The normalized spacial score (nSPS) is 25.5. The van der Waals surface area contributed by atoms with E-state index in [1.807, 2.05) is 23.4 Å². The number of carbonyl (C=O) groups is 1. The number of aromatic nitrogens is 2. The van der Waals surface area contributed by atoms with E-state index in [-0.39, 0.29) is 5.91 Å². The van der Waals surface area contributed by atoms with Gasteiger partial charge in [0, 0.05) is 24.7 Å². The Hall–Kier alpha value is -1.84. The molecule has 2 fully saturated rings. The predicted octanol–water partition coefficient (Wildman–Crippen LogP) is 4.27. The number of amides is 1. The molecule has 1 aromatic carbocycles. The smallest absolute Gasteiger partial charge is 0.253 e. The van der Waals surface area contributed by atoms with Gasteiger partial charge in [-0.1, -0.05) is 26.7 Å². The lowest BCUT2D eigenvalue weighted by atomic mass is 9.91. The molecule has 1 aromatic heterocycles. The summed E-state index contributed by atoms with van der Waals surface area (Å²) in [4.78, 5) is 19.5. The third-order valence-electron chi connectivity index (χ3n) is 5.70. The van der Waals surface area contributed by atoms with Gasteiger partial charge in [-0.25, -0.2) is 4.98 Å². The van der Waals surface area contributed by atoms with Crippen molar-refractivity contribution in [3.05, 3.63) is 30.1 Å². The molecular formula is C20H27N3O. The van der Waals surface area contributed by atoms with Gasteiger partial charge in [-0.3, -0.25) is 4.79 Å². The van der Waals surface area contributed by atoms with Gasteiger partial charge < -0.3 is 9.47 Å². The number of fused-ring (bicyclic) bond motifs is 1. The maximum absolute atomic E-state index is 12.9. The molecular weight excluding hydrogens is 298 g/mol. The highest BCUT2D eigenvalue weighted by atomic mass is 16.2. The quantitative estimate of drug-likeness (QED) is 0.827. The van der Waals surface area contributed by atoms with Crippen molar-refractivity contribution in [1.82, 2.24) is 14.5 Å². The molecule has 2 aromatic rings. The molecule has 4 heteroatoms. The summed E-state index contributed by atoms with van der Waals surface area (Å²) in [5, 5.41) is 0. The van der Waals surface area contributed by atoms with E-state index in [9.17, 15) is 4.79 Å². The van der Waals surface area contributed by atoms with Crippen molar-refractivity contribution in [1.29, 1.82) is 0 Å². The average Bonchev–Trinajstić information content (AvgIpc) is 3.21. The Morgan fingerprint density at radius 3 is 2.54 bits per heavy atom. The topological polar surface area (TPSA) is 38.1 Å². The van der Waals surface area contributed by atoms with Gasteiger partial charge in [-0.2, -0.15) is 0 Å². The standard InChI is InChI=1S/C20H27N3O/c1-14-9-15(2)12-22(11-14)20(24)16-7-8-19-18(10-16)21-13-23(19)17-5-3-4-6-17/h7-8,10,13-15,17H,3-6,9,11-12H2,1-2H3/t14-,15-/m1/s1. The second kappa shape index (κ2) is 6.23. The lowest BCUT2D eigenvalue weighted by Crippen LogP contribution is -2.42. The highest BCUT2D eigenvalue weighted by Gasteiger charge is 2.26. The molecule has 0 N–H and O–H groups in total. The molecule has 0 spiro atoms. The largest absolute Gasteiger partial charge is 0.338 e. The van der Waals surface area contributed by atoms with E-state index in [2.05, 4.69) is 29.5 Å². The van der Waals surface area contributed by atoms with E-state index in [1.165, 1.54) is 37.6 Å². The fourth-order valence-electron chi connectivity index (χ4n) is 4.65. The Balaban J connectivity index is 1.59. The van der Waals surface area contributed by atoms with Gasteiger partial charge in [-0.15, -0.1) is 0 Å². The minimum absolute atomic E-state index is 0.158. The number of nitrogens with zero attached hydrogens (tertiary/aromatic N) is 3. The lowest BCUT2D eigenvalue weighted by molar-refractivity contribution is 0.0623. The fraction of sp³-hybridized carbons (Fsp3) is 0.600. The third kappa shape index (κ3) is 2.83. The van der Waals surface area contributed by atoms with E-state index < -0.39 is 0 Å². The molecule has 4 rings (SSSR count).